The Kier molecular flexibility index (Phi) is 30.7. The fraction of sp³-hybridized carbons (Fsp3) is 0.761. The van der Waals surface area contributed by atoms with Crippen molar-refractivity contribution in [3.63, 3.8) is 0 Å². The number of Topliss-reactive ketones (excluding diaryl/α,β-unsaturated/α-hetero) is 1. The molecule has 1 unspecified atom stereocenters. The third-order valence-electron chi connectivity index (χ3n) is 10.2. The minimum Gasteiger partial charge on any atom is -0.756 e. The molecule has 13 heteroatoms. The van der Waals surface area contributed by atoms with Crippen LogP contribution in [0.25, 0.3) is 0 Å². The zero-order valence-corrected chi connectivity index (χ0v) is 38.0. The topological polar surface area (TPSA) is 169 Å². The molecule has 1 saturated carbocycles. The molecule has 1 rings (SSSR count). The van der Waals surface area contributed by atoms with Gasteiger partial charge in [-0.25, -0.2) is 0 Å². The van der Waals surface area contributed by atoms with Crippen molar-refractivity contribution in [3.8, 4) is 0 Å². The van der Waals surface area contributed by atoms with Crippen LogP contribution in [0.4, 0.5) is 0 Å². The normalized spacial score (nSPS) is 19.7. The molecule has 0 spiro atoms. The minimum absolute atomic E-state index is 0.0368. The molecule has 1 fully saturated rings. The first kappa shape index (κ1) is 54.6. The number of aliphatic hydroxyl groups excluding tert-OH is 2. The van der Waals surface area contributed by atoms with E-state index in [1.54, 1.807) is 6.08 Å². The first-order valence-electron chi connectivity index (χ1n) is 22.4. The van der Waals surface area contributed by atoms with Gasteiger partial charge in [0.2, 0.25) is 0 Å². The summed E-state index contributed by atoms with van der Waals surface area (Å²) in [5.41, 5.74) is 0. The highest BCUT2D eigenvalue weighted by atomic mass is 31.2. The van der Waals surface area contributed by atoms with Crippen molar-refractivity contribution < 1.29 is 57.1 Å². The molecule has 340 valence electrons. The number of carbonyl (C=O) groups excluding carboxylic acids is 3. The summed E-state index contributed by atoms with van der Waals surface area (Å²) in [6.45, 7) is 3.76. The monoisotopic (exact) mass is 854 g/mol. The Morgan fingerprint density at radius 1 is 0.814 bits per heavy atom. The summed E-state index contributed by atoms with van der Waals surface area (Å²) in [5, 5.41) is 20.8. The number of aliphatic hydroxyl groups is 2. The summed E-state index contributed by atoms with van der Waals surface area (Å²) in [7, 11) is 0.991. The molecule has 0 aromatic rings. The van der Waals surface area contributed by atoms with Crippen LogP contribution in [0.1, 0.15) is 149 Å². The molecular weight excluding hydrogens is 773 g/mol. The predicted octanol–water partition coefficient (Wildman–Crippen LogP) is 8.64. The number of ketones is 1. The van der Waals surface area contributed by atoms with Crippen LogP contribution < -0.4 is 4.89 Å². The smallest absolute Gasteiger partial charge is 0.306 e. The number of rotatable bonds is 36. The molecule has 12 nitrogen and oxygen atoms in total. The van der Waals surface area contributed by atoms with E-state index in [1.165, 1.54) is 19.3 Å². The van der Waals surface area contributed by atoms with Gasteiger partial charge in [-0.1, -0.05) is 114 Å². The molecule has 2 N–H and O–H groups in total. The van der Waals surface area contributed by atoms with Crippen LogP contribution in [0.15, 0.2) is 48.6 Å². The molecule has 0 heterocycles. The average Bonchev–Trinajstić information content (AvgIpc) is 3.44. The fourth-order valence-electron chi connectivity index (χ4n) is 6.61. The number of nitrogens with zero attached hydrogens (tertiary/aromatic N) is 1. The summed E-state index contributed by atoms with van der Waals surface area (Å²) < 4.78 is 33.8. The van der Waals surface area contributed by atoms with E-state index >= 15 is 0 Å². The lowest BCUT2D eigenvalue weighted by Gasteiger charge is -2.28. The Morgan fingerprint density at radius 2 is 1.41 bits per heavy atom. The third kappa shape index (κ3) is 30.3. The second kappa shape index (κ2) is 33.2. The summed E-state index contributed by atoms with van der Waals surface area (Å²) in [6.07, 6.45) is 30.4. The quantitative estimate of drug-likeness (QED) is 0.0203. The van der Waals surface area contributed by atoms with Gasteiger partial charge < -0.3 is 38.1 Å². The Hall–Kier alpha value is -2.44. The number of unbranched alkanes of at least 4 members (excludes halogenated alkanes) is 10. The van der Waals surface area contributed by atoms with E-state index in [2.05, 4.69) is 50.3 Å². The van der Waals surface area contributed by atoms with Gasteiger partial charge in [0.25, 0.3) is 7.82 Å². The largest absolute Gasteiger partial charge is 0.756 e. The number of likely N-dealkylation sites (N-methyl/N-ethyl adjacent to an activating group) is 1. The van der Waals surface area contributed by atoms with Gasteiger partial charge in [-0.3, -0.25) is 18.9 Å². The number of allylic oxidation sites excluding steroid dienone is 6. The van der Waals surface area contributed by atoms with Gasteiger partial charge in [-0.15, -0.1) is 0 Å². The molecular formula is C46H80NO11P. The number of ether oxygens (including phenoxy) is 2. The molecule has 0 bridgehead atoms. The summed E-state index contributed by atoms with van der Waals surface area (Å²) in [4.78, 5) is 50.4. The maximum absolute atomic E-state index is 12.8. The van der Waals surface area contributed by atoms with Gasteiger partial charge in [0.05, 0.1) is 40.0 Å². The van der Waals surface area contributed by atoms with E-state index in [-0.39, 0.29) is 50.1 Å². The molecule has 0 amide bonds. The third-order valence-corrected chi connectivity index (χ3v) is 11.2. The molecule has 0 aromatic carbocycles. The van der Waals surface area contributed by atoms with Gasteiger partial charge in [-0.2, -0.15) is 0 Å². The van der Waals surface area contributed by atoms with Crippen molar-refractivity contribution in [1.29, 1.82) is 0 Å². The van der Waals surface area contributed by atoms with Crippen LogP contribution in [-0.4, -0.2) is 98.2 Å². The number of hydrogen-bond donors (Lipinski definition) is 2. The Morgan fingerprint density at radius 3 is 2.07 bits per heavy atom. The first-order valence-corrected chi connectivity index (χ1v) is 23.9. The lowest BCUT2D eigenvalue weighted by atomic mass is 9.88. The van der Waals surface area contributed by atoms with Crippen molar-refractivity contribution in [2.75, 3.05) is 47.5 Å². The van der Waals surface area contributed by atoms with Gasteiger partial charge in [0, 0.05) is 31.1 Å². The van der Waals surface area contributed by atoms with E-state index in [0.29, 0.717) is 43.1 Å². The van der Waals surface area contributed by atoms with E-state index in [9.17, 15) is 34.1 Å². The van der Waals surface area contributed by atoms with Crippen LogP contribution in [0.5, 0.6) is 0 Å². The highest BCUT2D eigenvalue weighted by molar-refractivity contribution is 7.45. The standard InChI is InChI=1S/C46H80NO11P/c1-6-8-10-11-12-13-14-15-16-17-18-19-20-21-26-30-45(51)55-37-40(38-57-59(53,54)56-35-34-47(3,4)5)58-46(52)31-27-23-22-25-29-41-42(44(50)36-43(41)49)33-32-39(48)28-24-9-7-2/h12-13,15-16,18-19,32-33,39-42,44,48,50H,6-11,14,17,20-31,34-38H2,1-5H3/b13-12-,16-15-,19-18-,33-32+/t39-,40+,41+,42+,44+/m0/s1. The summed E-state index contributed by atoms with van der Waals surface area (Å²) >= 11 is 0. The number of carbonyl (C=O) groups is 3. The van der Waals surface area contributed by atoms with E-state index in [0.717, 1.165) is 64.2 Å². The number of hydrogen-bond acceptors (Lipinski definition) is 11. The van der Waals surface area contributed by atoms with E-state index < -0.39 is 44.7 Å². The highest BCUT2D eigenvalue weighted by Gasteiger charge is 2.39. The lowest BCUT2D eigenvalue weighted by Crippen LogP contribution is -2.37. The molecule has 1 aliphatic rings. The van der Waals surface area contributed by atoms with Crippen LogP contribution in [0.3, 0.4) is 0 Å². The van der Waals surface area contributed by atoms with Gasteiger partial charge in [0.15, 0.2) is 6.10 Å². The SMILES string of the molecule is CCCCC/C=C\C/C=C\C/C=C\CCCCC(=O)OC[C@H](COP(=O)([O-])OCC[N+](C)(C)C)OC(=O)CCCCCC[C@H]1C(=O)C[C@@H](O)[C@@H]1/C=C/[C@@H](O)CCCCC. The summed E-state index contributed by atoms with van der Waals surface area (Å²) in [6, 6.07) is 0. The predicted molar refractivity (Wildman–Crippen MR) is 232 cm³/mol. The van der Waals surface area contributed by atoms with Crippen molar-refractivity contribution in [1.82, 2.24) is 0 Å². The molecule has 0 saturated heterocycles. The summed E-state index contributed by atoms with van der Waals surface area (Å²) in [5.74, 6) is -1.61. The van der Waals surface area contributed by atoms with Crippen molar-refractivity contribution in [3.05, 3.63) is 48.6 Å². The van der Waals surface area contributed by atoms with Crippen molar-refractivity contribution in [2.45, 2.75) is 167 Å². The van der Waals surface area contributed by atoms with Crippen molar-refractivity contribution >= 4 is 25.5 Å². The highest BCUT2D eigenvalue weighted by Crippen LogP contribution is 2.38. The molecule has 6 atom stereocenters. The molecule has 1 aliphatic carbocycles. The lowest BCUT2D eigenvalue weighted by molar-refractivity contribution is -0.870. The van der Waals surface area contributed by atoms with Gasteiger partial charge >= 0.3 is 11.9 Å². The number of phosphoric ester groups is 1. The van der Waals surface area contributed by atoms with Gasteiger partial charge in [0.1, 0.15) is 25.5 Å². The Labute approximate surface area is 356 Å². The first-order chi connectivity index (χ1) is 28.2. The molecule has 0 aromatic heterocycles. The fourth-order valence-corrected chi connectivity index (χ4v) is 7.34. The maximum Gasteiger partial charge on any atom is 0.306 e. The Bertz CT molecular complexity index is 1310. The van der Waals surface area contributed by atoms with Crippen LogP contribution in [-0.2, 0) is 37.5 Å². The van der Waals surface area contributed by atoms with E-state index in [1.807, 2.05) is 27.2 Å². The minimum atomic E-state index is -4.70. The second-order valence-corrected chi connectivity index (χ2v) is 18.2. The van der Waals surface area contributed by atoms with Gasteiger partial charge in [-0.05, 0) is 64.2 Å². The van der Waals surface area contributed by atoms with Crippen LogP contribution >= 0.6 is 7.82 Å². The zero-order valence-electron chi connectivity index (χ0n) is 37.1. The molecule has 0 radical (unpaired) electrons. The van der Waals surface area contributed by atoms with Crippen LogP contribution in [0, 0.1) is 11.8 Å². The number of esters is 2. The van der Waals surface area contributed by atoms with Crippen LogP contribution in [0.2, 0.25) is 0 Å². The zero-order chi connectivity index (χ0) is 43.8. The van der Waals surface area contributed by atoms with E-state index in [4.69, 9.17) is 18.5 Å². The average molecular weight is 854 g/mol. The number of phosphoric acid groups is 1. The Balaban J connectivity index is 2.51. The molecule has 59 heavy (non-hydrogen) atoms. The molecule has 0 aliphatic heterocycles. The van der Waals surface area contributed by atoms with Crippen molar-refractivity contribution in [2.24, 2.45) is 11.8 Å². The maximum atomic E-state index is 12.8. The number of quaternary nitrogens is 1. The second-order valence-electron chi connectivity index (χ2n) is 16.8.